The van der Waals surface area contributed by atoms with E-state index in [0.29, 0.717) is 11.1 Å². The average Bonchev–Trinajstić information content (AvgIpc) is 2.96. The Balaban J connectivity index is 1.68. The molecule has 212 valence electrons. The summed E-state index contributed by atoms with van der Waals surface area (Å²) in [6.07, 6.45) is 0. The number of methoxy groups -OCH3 is 1. The van der Waals surface area contributed by atoms with Crippen molar-refractivity contribution in [2.24, 2.45) is 5.92 Å². The monoisotopic (exact) mass is 567 g/mol. The Morgan fingerprint density at radius 1 is 0.975 bits per heavy atom. The SMILES string of the molecule is COC(=O)C(C)(CON(CCO)C(C(C)C)P1(=O)Oc2ccccc2-c2ccccc21)OC(=O)c1ccccc1. The van der Waals surface area contributed by atoms with Crippen molar-refractivity contribution in [2.75, 3.05) is 26.9 Å². The quantitative estimate of drug-likeness (QED) is 0.201. The lowest BCUT2D eigenvalue weighted by molar-refractivity contribution is -0.221. The van der Waals surface area contributed by atoms with Crippen molar-refractivity contribution in [3.8, 4) is 16.9 Å². The highest BCUT2D eigenvalue weighted by molar-refractivity contribution is 7.68. The number of hydrogen-bond acceptors (Lipinski definition) is 9. The van der Waals surface area contributed by atoms with Gasteiger partial charge in [-0.25, -0.2) is 9.59 Å². The molecule has 0 saturated heterocycles. The third-order valence-electron chi connectivity index (χ3n) is 6.66. The molecule has 3 aromatic rings. The maximum absolute atomic E-state index is 15.0. The Labute approximate surface area is 234 Å². The maximum atomic E-state index is 15.0. The van der Waals surface area contributed by atoms with Crippen molar-refractivity contribution >= 4 is 24.6 Å². The molecule has 3 atom stereocenters. The molecule has 1 N–H and O–H groups in total. The first-order chi connectivity index (χ1) is 19.1. The van der Waals surface area contributed by atoms with Gasteiger partial charge in [-0.05, 0) is 42.7 Å². The maximum Gasteiger partial charge on any atom is 0.352 e. The van der Waals surface area contributed by atoms with Crippen LogP contribution in [0.3, 0.4) is 0 Å². The van der Waals surface area contributed by atoms with Crippen LogP contribution in [-0.4, -0.2) is 60.4 Å². The number of hydrogen-bond donors (Lipinski definition) is 1. The molecule has 10 heteroatoms. The number of aliphatic hydroxyl groups is 1. The van der Waals surface area contributed by atoms with Crippen LogP contribution in [0.25, 0.3) is 11.1 Å². The highest BCUT2D eigenvalue weighted by Crippen LogP contribution is 2.60. The normalized spacial score (nSPS) is 18.2. The molecule has 1 heterocycles. The summed E-state index contributed by atoms with van der Waals surface area (Å²) < 4.78 is 31.8. The number of aliphatic hydroxyl groups excluding tert-OH is 1. The van der Waals surface area contributed by atoms with Gasteiger partial charge in [-0.1, -0.05) is 68.4 Å². The molecular weight excluding hydrogens is 533 g/mol. The average molecular weight is 568 g/mol. The predicted octanol–water partition coefficient (Wildman–Crippen LogP) is 4.65. The van der Waals surface area contributed by atoms with Crippen molar-refractivity contribution in [1.82, 2.24) is 5.06 Å². The molecule has 0 amide bonds. The highest BCUT2D eigenvalue weighted by atomic mass is 31.2. The van der Waals surface area contributed by atoms with Gasteiger partial charge in [0, 0.05) is 12.1 Å². The van der Waals surface area contributed by atoms with E-state index in [1.807, 2.05) is 44.2 Å². The van der Waals surface area contributed by atoms with Crippen LogP contribution in [0.2, 0.25) is 0 Å². The van der Waals surface area contributed by atoms with Crippen molar-refractivity contribution in [3.63, 3.8) is 0 Å². The molecule has 40 heavy (non-hydrogen) atoms. The molecule has 0 radical (unpaired) electrons. The third kappa shape index (κ3) is 5.83. The van der Waals surface area contributed by atoms with Gasteiger partial charge >= 0.3 is 11.9 Å². The number of benzene rings is 3. The number of rotatable bonds is 11. The fraction of sp³-hybridized carbons (Fsp3) is 0.333. The molecule has 3 aromatic carbocycles. The van der Waals surface area contributed by atoms with E-state index < -0.39 is 37.3 Å². The summed E-state index contributed by atoms with van der Waals surface area (Å²) in [5.41, 5.74) is 0.0232. The standard InChI is InChI=1S/C30H34NO8P/c1-21(2)27(40(35)26-17-11-9-15-24(26)23-14-8-10-16-25(23)39-40)31(18-19-32)37-20-30(3,29(34)36-4)38-28(33)22-12-6-5-7-13-22/h5-17,21,27,32H,18-20H2,1-4H3. The smallest absolute Gasteiger partial charge is 0.352 e. The zero-order valence-electron chi connectivity index (χ0n) is 23.0. The summed E-state index contributed by atoms with van der Waals surface area (Å²) >= 11 is 0. The second kappa shape index (κ2) is 12.4. The Morgan fingerprint density at radius 3 is 2.25 bits per heavy atom. The lowest BCUT2D eigenvalue weighted by Gasteiger charge is -2.41. The Morgan fingerprint density at radius 2 is 1.60 bits per heavy atom. The van der Waals surface area contributed by atoms with Crippen molar-refractivity contribution in [3.05, 3.63) is 84.4 Å². The first-order valence-electron chi connectivity index (χ1n) is 13.0. The Hall–Kier alpha value is -3.49. The Kier molecular flexibility index (Phi) is 9.11. The van der Waals surface area contributed by atoms with Crippen molar-refractivity contribution in [2.45, 2.75) is 32.2 Å². The van der Waals surface area contributed by atoms with Gasteiger partial charge in [0.1, 0.15) is 18.1 Å². The number of fused-ring (bicyclic) bond motifs is 3. The largest absolute Gasteiger partial charge is 0.466 e. The van der Waals surface area contributed by atoms with Gasteiger partial charge in [0.05, 0.1) is 24.6 Å². The number of esters is 2. The summed E-state index contributed by atoms with van der Waals surface area (Å²) in [7, 11) is -2.53. The van der Waals surface area contributed by atoms with Crippen LogP contribution in [-0.2, 0) is 23.7 Å². The summed E-state index contributed by atoms with van der Waals surface area (Å²) in [4.78, 5) is 31.8. The third-order valence-corrected chi connectivity index (χ3v) is 9.74. The lowest BCUT2D eigenvalue weighted by Crippen LogP contribution is -2.50. The van der Waals surface area contributed by atoms with Crippen LogP contribution >= 0.6 is 7.37 Å². The molecular formula is C30H34NO8P. The van der Waals surface area contributed by atoms with E-state index in [0.717, 1.165) is 11.1 Å². The zero-order chi connectivity index (χ0) is 28.9. The first-order valence-corrected chi connectivity index (χ1v) is 14.7. The van der Waals surface area contributed by atoms with E-state index >= 15 is 0 Å². The molecule has 0 fully saturated rings. The number of ether oxygens (including phenoxy) is 2. The lowest BCUT2D eigenvalue weighted by atomic mass is 10.0. The second-order valence-corrected chi connectivity index (χ2v) is 12.4. The highest BCUT2D eigenvalue weighted by Gasteiger charge is 2.49. The number of para-hydroxylation sites is 1. The molecule has 0 saturated carbocycles. The van der Waals surface area contributed by atoms with E-state index in [1.165, 1.54) is 19.1 Å². The van der Waals surface area contributed by atoms with E-state index in [4.69, 9.17) is 18.8 Å². The van der Waals surface area contributed by atoms with Gasteiger partial charge in [-0.2, -0.15) is 5.06 Å². The minimum atomic E-state index is -3.71. The van der Waals surface area contributed by atoms with Crippen molar-refractivity contribution < 1.29 is 38.1 Å². The first kappa shape index (κ1) is 29.5. The molecule has 4 rings (SSSR count). The molecule has 1 aliphatic rings. The molecule has 0 aliphatic carbocycles. The van der Waals surface area contributed by atoms with Gasteiger partial charge in [-0.3, -0.25) is 9.40 Å². The van der Waals surface area contributed by atoms with E-state index in [2.05, 4.69) is 0 Å². The molecule has 3 unspecified atom stereocenters. The summed E-state index contributed by atoms with van der Waals surface area (Å²) in [5, 5.41) is 11.9. The van der Waals surface area contributed by atoms with E-state index in [-0.39, 0.29) is 24.6 Å². The second-order valence-electron chi connectivity index (χ2n) is 9.97. The number of carbonyl (C=O) groups excluding carboxylic acids is 2. The van der Waals surface area contributed by atoms with Crippen LogP contribution < -0.4 is 9.83 Å². The van der Waals surface area contributed by atoms with Gasteiger partial charge in [0.2, 0.25) is 5.60 Å². The van der Waals surface area contributed by atoms with Crippen LogP contribution in [0.5, 0.6) is 5.75 Å². The predicted molar refractivity (Wildman–Crippen MR) is 150 cm³/mol. The van der Waals surface area contributed by atoms with Crippen molar-refractivity contribution in [1.29, 1.82) is 0 Å². The van der Waals surface area contributed by atoms with Crippen LogP contribution in [0.15, 0.2) is 78.9 Å². The molecule has 9 nitrogen and oxygen atoms in total. The minimum absolute atomic E-state index is 0.0517. The topological polar surface area (TPSA) is 112 Å². The fourth-order valence-electron chi connectivity index (χ4n) is 4.79. The molecule has 0 aromatic heterocycles. The van der Waals surface area contributed by atoms with Crippen LogP contribution in [0.4, 0.5) is 0 Å². The van der Waals surface area contributed by atoms with Gasteiger partial charge in [-0.15, -0.1) is 0 Å². The van der Waals surface area contributed by atoms with Gasteiger partial charge < -0.3 is 19.1 Å². The van der Waals surface area contributed by atoms with Crippen LogP contribution in [0.1, 0.15) is 31.1 Å². The van der Waals surface area contributed by atoms with Gasteiger partial charge in [0.15, 0.2) is 0 Å². The number of nitrogens with zero attached hydrogens (tertiary/aromatic N) is 1. The summed E-state index contributed by atoms with van der Waals surface area (Å²) in [6.45, 7) is 4.29. The summed E-state index contributed by atoms with van der Waals surface area (Å²) in [6, 6.07) is 23.0. The van der Waals surface area contributed by atoms with Crippen LogP contribution in [0, 0.1) is 5.92 Å². The minimum Gasteiger partial charge on any atom is -0.466 e. The molecule has 1 aliphatic heterocycles. The summed E-state index contributed by atoms with van der Waals surface area (Å²) in [5.74, 6) is -2.23. The zero-order valence-corrected chi connectivity index (χ0v) is 23.9. The fourth-order valence-corrected chi connectivity index (χ4v) is 7.86. The molecule has 0 spiro atoms. The van der Waals surface area contributed by atoms with Gasteiger partial charge in [0.25, 0.3) is 7.37 Å². The Bertz CT molecular complexity index is 1400. The van der Waals surface area contributed by atoms with E-state index in [1.54, 1.807) is 48.5 Å². The number of hydroxylamine groups is 2. The van der Waals surface area contributed by atoms with E-state index in [9.17, 15) is 19.3 Å². The number of carbonyl (C=O) groups is 2. The molecule has 0 bridgehead atoms.